The summed E-state index contributed by atoms with van der Waals surface area (Å²) in [5.74, 6) is -0.322. The molecule has 6 aliphatic heterocycles. The van der Waals surface area contributed by atoms with E-state index in [9.17, 15) is 112 Å². The molecule has 100 heavy (non-hydrogen) atoms. The molecule has 2 unspecified atom stereocenters. The van der Waals surface area contributed by atoms with E-state index in [1.54, 1.807) is 0 Å². The van der Waals surface area contributed by atoms with E-state index in [4.69, 9.17) is 56.8 Å². The second-order valence-corrected chi connectivity index (χ2v) is 31.5. The molecule has 580 valence electrons. The highest BCUT2D eigenvalue weighted by atomic mass is 16.8. The smallest absolute Gasteiger partial charge is 0.187 e. The summed E-state index contributed by atoms with van der Waals surface area (Å²) >= 11 is 0. The lowest BCUT2D eigenvalue weighted by Crippen LogP contribution is -2.66. The maximum atomic E-state index is 13.0. The molecule has 22 N–H and O–H groups in total. The van der Waals surface area contributed by atoms with Crippen LogP contribution in [0.2, 0.25) is 0 Å². The van der Waals surface area contributed by atoms with Gasteiger partial charge in [-0.25, -0.2) is 0 Å². The maximum absolute atomic E-state index is 13.0. The molecule has 34 nitrogen and oxygen atoms in total. The molecule has 4 aliphatic carbocycles. The lowest BCUT2D eigenvalue weighted by molar-refractivity contribution is -0.380. The van der Waals surface area contributed by atoms with E-state index in [-0.39, 0.29) is 35.5 Å². The summed E-state index contributed by atoms with van der Waals surface area (Å²) in [6, 6.07) is 0. The van der Waals surface area contributed by atoms with Crippen molar-refractivity contribution in [3.05, 3.63) is 11.6 Å². The summed E-state index contributed by atoms with van der Waals surface area (Å²) in [4.78, 5) is 0. The van der Waals surface area contributed by atoms with Gasteiger partial charge in [0, 0.05) is 10.8 Å². The highest BCUT2D eigenvalue weighted by molar-refractivity contribution is 5.32. The standard InChI is InChI=1S/C66H112O34/c1-24(9-13-37(63(4,5)88)98-61-55(100-59-53(87)47(81)41(75)31(21-70)94-59)49(83)43(77)33(96-61)23-90-57-51(85)45(79)39(73)29(19-68)92-57)25-15-16-64(6)34-12-10-26-27(66(34,8)35(71)17-65(25,64)7)11-14-36(62(26,2)3)97-60-54(99-58-52(86)46(80)40(74)30(20-69)93-58)48(82)42(76)32(95-60)22-89-56-50(84)44(78)38(72)28(18-67)91-56/h10,24-25,27-61,67-88H,9,11-23H2,1-8H3/t24?,25?,27-,28-,29-,30-,31-,32-,33-,34+,35+,36+,37-,38-,39-,40-,41-,42-,43-,44+,45+,46+,47+,48+,49+,50-,51-,52-,53-,54-,55-,56-,57-,58+,59+,60+,61+,64+,65-,66+/m1/s1. The van der Waals surface area contributed by atoms with Gasteiger partial charge >= 0.3 is 0 Å². The number of hydrogen-bond acceptors (Lipinski definition) is 34. The minimum atomic E-state index is -1.99. The maximum Gasteiger partial charge on any atom is 0.187 e. The number of ether oxygens (including phenoxy) is 12. The van der Waals surface area contributed by atoms with E-state index in [1.807, 2.05) is 13.8 Å². The SMILES string of the molecule is CC(CC[C@@H](O[C@@H]1O[C@H](CO[C@@H]2O[C@H](CO)[C@@H](O)[C@H](O)[C@H]2O)[C@@H](O)[C@H](O)[C@H]1O[C@@H]1O[C@H](CO)[C@@H](O)[C@H](O)[C@H]1O)C(C)(C)O)C1CC[C@@]2(C)[C@@H]3CC=C4[C@@H](CC[C@H](O[C@@H]5O[C@H](CO[C@@H]6O[C@H](CO)[C@@H](O)[C@H](O)[C@H]6O)[C@@H](O)[C@H](O)[C@H]5O[C@@H]5O[C@H](CO)[C@@H](O)[C@H](O)[C@H]5O)C4(C)C)[C@]3(C)[C@@H](O)C[C@]12C. The highest BCUT2D eigenvalue weighted by Gasteiger charge is 2.71. The molecular formula is C66H112O34. The number of fused-ring (bicyclic) bond motifs is 5. The van der Waals surface area contributed by atoms with Gasteiger partial charge in [-0.3, -0.25) is 0 Å². The Morgan fingerprint density at radius 1 is 0.460 bits per heavy atom. The second-order valence-electron chi connectivity index (χ2n) is 31.5. The van der Waals surface area contributed by atoms with Crippen molar-refractivity contribution in [3.8, 4) is 0 Å². The summed E-state index contributed by atoms with van der Waals surface area (Å²) in [5, 5.41) is 239. The molecular weight excluding hydrogens is 1340 g/mol. The van der Waals surface area contributed by atoms with Gasteiger partial charge < -0.3 is 169 Å². The predicted octanol–water partition coefficient (Wildman–Crippen LogP) is -7.58. The van der Waals surface area contributed by atoms with E-state index in [1.165, 1.54) is 13.8 Å². The third kappa shape index (κ3) is 14.8. The molecule has 34 heteroatoms. The molecule has 0 spiro atoms. The fourth-order valence-corrected chi connectivity index (χ4v) is 18.5. The summed E-state index contributed by atoms with van der Waals surface area (Å²) in [6.45, 7) is 11.3. The molecule has 0 radical (unpaired) electrons. The molecule has 0 aromatic rings. The van der Waals surface area contributed by atoms with E-state index >= 15 is 0 Å². The van der Waals surface area contributed by atoms with Crippen molar-refractivity contribution in [2.45, 2.75) is 315 Å². The molecule has 3 saturated carbocycles. The highest BCUT2D eigenvalue weighted by Crippen LogP contribution is 2.75. The first-order valence-corrected chi connectivity index (χ1v) is 35.1. The molecule has 0 aromatic carbocycles. The first kappa shape index (κ1) is 80.9. The van der Waals surface area contributed by atoms with Crippen LogP contribution in [0.1, 0.15) is 107 Å². The summed E-state index contributed by atoms with van der Waals surface area (Å²) in [6.07, 6.45) is -48.7. The Labute approximate surface area is 579 Å². The molecule has 6 heterocycles. The minimum absolute atomic E-state index is 0.00756. The van der Waals surface area contributed by atoms with Crippen LogP contribution in [0.5, 0.6) is 0 Å². The Bertz CT molecular complexity index is 2670. The van der Waals surface area contributed by atoms with Crippen LogP contribution in [-0.2, 0) is 56.8 Å². The van der Waals surface area contributed by atoms with Gasteiger partial charge in [0.15, 0.2) is 37.7 Å². The Hall–Kier alpha value is -1.62. The molecule has 0 aromatic heterocycles. The van der Waals surface area contributed by atoms with Crippen LogP contribution in [0.4, 0.5) is 0 Å². The monoisotopic (exact) mass is 1450 g/mol. The summed E-state index contributed by atoms with van der Waals surface area (Å²) in [7, 11) is 0. The normalized spacial score (nSPS) is 52.1. The van der Waals surface area contributed by atoms with E-state index < -0.39 is 264 Å². The van der Waals surface area contributed by atoms with Crippen molar-refractivity contribution in [3.63, 3.8) is 0 Å². The molecule has 6 saturated heterocycles. The van der Waals surface area contributed by atoms with Crippen LogP contribution < -0.4 is 0 Å². The van der Waals surface area contributed by atoms with Crippen LogP contribution in [-0.4, -0.2) is 360 Å². The second kappa shape index (κ2) is 31.5. The topological polar surface area (TPSA) is 556 Å². The average Bonchev–Trinajstić information content (AvgIpc) is 1.33. The molecule has 10 rings (SSSR count). The first-order chi connectivity index (χ1) is 46.9. The molecule has 9 fully saturated rings. The third-order valence-electron chi connectivity index (χ3n) is 25.0. The molecule has 0 bridgehead atoms. The van der Waals surface area contributed by atoms with Gasteiger partial charge in [0.2, 0.25) is 0 Å². The van der Waals surface area contributed by atoms with Gasteiger partial charge in [-0.2, -0.15) is 0 Å². The zero-order valence-corrected chi connectivity index (χ0v) is 57.6. The number of allylic oxidation sites excluding steroid dienone is 1. The van der Waals surface area contributed by atoms with Crippen molar-refractivity contribution in [1.29, 1.82) is 0 Å². The van der Waals surface area contributed by atoms with Crippen molar-refractivity contribution in [2.75, 3.05) is 39.6 Å². The summed E-state index contributed by atoms with van der Waals surface area (Å²) in [5.41, 5.74) is -3.02. The van der Waals surface area contributed by atoms with Crippen molar-refractivity contribution < 1.29 is 169 Å². The van der Waals surface area contributed by atoms with Gasteiger partial charge in [0.25, 0.3) is 0 Å². The average molecular weight is 1450 g/mol. The van der Waals surface area contributed by atoms with Gasteiger partial charge in [-0.15, -0.1) is 0 Å². The Morgan fingerprint density at radius 2 is 0.860 bits per heavy atom. The lowest BCUT2D eigenvalue weighted by atomic mass is 9.38. The molecule has 10 aliphatic rings. The van der Waals surface area contributed by atoms with Gasteiger partial charge in [-0.1, -0.05) is 53.2 Å². The van der Waals surface area contributed by atoms with Crippen LogP contribution in [0.3, 0.4) is 0 Å². The molecule has 0 amide bonds. The lowest BCUT2D eigenvalue weighted by Gasteiger charge is -2.67. The Morgan fingerprint density at radius 3 is 1.30 bits per heavy atom. The number of hydrogen-bond donors (Lipinski definition) is 22. The van der Waals surface area contributed by atoms with Gasteiger partial charge in [0.05, 0.1) is 63.6 Å². The zero-order valence-electron chi connectivity index (χ0n) is 57.6. The van der Waals surface area contributed by atoms with Crippen molar-refractivity contribution in [2.24, 2.45) is 45.3 Å². The van der Waals surface area contributed by atoms with Crippen LogP contribution in [0.15, 0.2) is 11.6 Å². The third-order valence-corrected chi connectivity index (χ3v) is 25.0. The van der Waals surface area contributed by atoms with Gasteiger partial charge in [0.1, 0.15) is 146 Å². The fourth-order valence-electron chi connectivity index (χ4n) is 18.5. The largest absolute Gasteiger partial charge is 0.394 e. The van der Waals surface area contributed by atoms with Crippen molar-refractivity contribution >= 4 is 0 Å². The first-order valence-electron chi connectivity index (χ1n) is 35.1. The Balaban J connectivity index is 0.853. The Kier molecular flexibility index (Phi) is 25.5. The zero-order chi connectivity index (χ0) is 73.5. The van der Waals surface area contributed by atoms with E-state index in [0.717, 1.165) is 18.4 Å². The van der Waals surface area contributed by atoms with E-state index in [0.29, 0.717) is 32.1 Å². The van der Waals surface area contributed by atoms with Crippen LogP contribution in [0.25, 0.3) is 0 Å². The minimum Gasteiger partial charge on any atom is -0.394 e. The van der Waals surface area contributed by atoms with Crippen LogP contribution >= 0.6 is 0 Å². The number of aliphatic hydroxyl groups excluding tert-OH is 21. The summed E-state index contributed by atoms with van der Waals surface area (Å²) < 4.78 is 72.0. The van der Waals surface area contributed by atoms with E-state index in [2.05, 4.69) is 33.8 Å². The molecule has 40 atom stereocenters. The van der Waals surface area contributed by atoms with Crippen LogP contribution in [0, 0.1) is 45.3 Å². The van der Waals surface area contributed by atoms with Gasteiger partial charge in [-0.05, 0) is 99.7 Å². The number of aliphatic hydroxyl groups is 22. The fraction of sp³-hybridized carbons (Fsp3) is 0.970. The van der Waals surface area contributed by atoms with Crippen molar-refractivity contribution in [1.82, 2.24) is 0 Å². The number of rotatable bonds is 23. The predicted molar refractivity (Wildman–Crippen MR) is 333 cm³/mol. The quantitative estimate of drug-likeness (QED) is 0.0423.